The number of hydrogen-bond donors (Lipinski definition) is 1. The van der Waals surface area contributed by atoms with E-state index in [0.29, 0.717) is 13.2 Å². The molecule has 0 unspecified atom stereocenters. The summed E-state index contributed by atoms with van der Waals surface area (Å²) in [5.74, 6) is -1.27. The van der Waals surface area contributed by atoms with Crippen molar-refractivity contribution in [2.75, 3.05) is 26.9 Å². The minimum atomic E-state index is -0.879. The molecule has 0 saturated carbocycles. The Morgan fingerprint density at radius 3 is 2.47 bits per heavy atom. The Kier molecular flexibility index (Phi) is 5.84. The van der Waals surface area contributed by atoms with E-state index in [9.17, 15) is 9.90 Å². The number of ether oxygens (including phenoxy) is 4. The minimum Gasteiger partial charge on any atom is -0.469 e. The van der Waals surface area contributed by atoms with Gasteiger partial charge in [0.15, 0.2) is 6.29 Å². The van der Waals surface area contributed by atoms with E-state index in [4.69, 9.17) is 14.2 Å². The fourth-order valence-electron chi connectivity index (χ4n) is 1.88. The number of methoxy groups -OCH3 is 1. The van der Waals surface area contributed by atoms with Crippen LogP contribution >= 0.6 is 0 Å². The Labute approximate surface area is 101 Å². The second kappa shape index (κ2) is 6.90. The van der Waals surface area contributed by atoms with Crippen LogP contribution in [0.3, 0.4) is 0 Å². The first-order valence-electron chi connectivity index (χ1n) is 5.76. The van der Waals surface area contributed by atoms with E-state index >= 15 is 0 Å². The van der Waals surface area contributed by atoms with Crippen LogP contribution in [0.25, 0.3) is 0 Å². The van der Waals surface area contributed by atoms with E-state index in [1.165, 1.54) is 7.11 Å². The van der Waals surface area contributed by atoms with Gasteiger partial charge in [0.25, 0.3) is 0 Å². The van der Waals surface area contributed by atoms with Crippen LogP contribution in [0.4, 0.5) is 0 Å². The van der Waals surface area contributed by atoms with Gasteiger partial charge >= 0.3 is 5.97 Å². The second-order valence-electron chi connectivity index (χ2n) is 3.69. The Morgan fingerprint density at radius 1 is 1.41 bits per heavy atom. The van der Waals surface area contributed by atoms with Crippen molar-refractivity contribution in [3.63, 3.8) is 0 Å². The van der Waals surface area contributed by atoms with Crippen LogP contribution in [0, 0.1) is 5.92 Å². The monoisotopic (exact) mass is 248 g/mol. The van der Waals surface area contributed by atoms with Crippen LogP contribution < -0.4 is 0 Å². The fourth-order valence-corrected chi connectivity index (χ4v) is 1.88. The van der Waals surface area contributed by atoms with Crippen molar-refractivity contribution in [1.29, 1.82) is 0 Å². The maximum absolute atomic E-state index is 11.6. The third kappa shape index (κ3) is 3.38. The highest BCUT2D eigenvalue weighted by molar-refractivity contribution is 5.74. The summed E-state index contributed by atoms with van der Waals surface area (Å²) >= 11 is 0. The zero-order valence-electron chi connectivity index (χ0n) is 10.4. The largest absolute Gasteiger partial charge is 0.469 e. The highest BCUT2D eigenvalue weighted by Crippen LogP contribution is 2.27. The molecule has 0 aromatic carbocycles. The van der Waals surface area contributed by atoms with E-state index in [-0.39, 0.29) is 6.61 Å². The molecule has 1 aliphatic heterocycles. The number of carbonyl (C=O) groups excluding carboxylic acids is 1. The highest BCUT2D eigenvalue weighted by Gasteiger charge is 2.47. The molecular weight excluding hydrogens is 228 g/mol. The molecule has 0 bridgehead atoms. The Balaban J connectivity index is 2.74. The number of rotatable bonds is 6. The zero-order valence-corrected chi connectivity index (χ0v) is 10.4. The molecule has 17 heavy (non-hydrogen) atoms. The van der Waals surface area contributed by atoms with Crippen LogP contribution in [0.15, 0.2) is 0 Å². The van der Waals surface area contributed by atoms with Gasteiger partial charge in [-0.3, -0.25) is 4.79 Å². The average Bonchev–Trinajstić information content (AvgIpc) is 2.70. The van der Waals surface area contributed by atoms with E-state index in [2.05, 4.69) is 4.74 Å². The third-order valence-electron chi connectivity index (χ3n) is 2.63. The van der Waals surface area contributed by atoms with Crippen molar-refractivity contribution in [1.82, 2.24) is 0 Å². The first-order valence-corrected chi connectivity index (χ1v) is 5.76. The first kappa shape index (κ1) is 14.4. The third-order valence-corrected chi connectivity index (χ3v) is 2.63. The van der Waals surface area contributed by atoms with Crippen LogP contribution in [-0.4, -0.2) is 56.5 Å². The Bertz CT molecular complexity index is 238. The summed E-state index contributed by atoms with van der Waals surface area (Å²) in [7, 11) is 1.28. The van der Waals surface area contributed by atoms with Gasteiger partial charge in [-0.25, -0.2) is 0 Å². The molecule has 0 amide bonds. The summed E-state index contributed by atoms with van der Waals surface area (Å²) in [5.41, 5.74) is 0. The van der Waals surface area contributed by atoms with Gasteiger partial charge in [-0.15, -0.1) is 0 Å². The van der Waals surface area contributed by atoms with E-state index < -0.39 is 30.4 Å². The molecule has 0 radical (unpaired) electrons. The lowest BCUT2D eigenvalue weighted by atomic mass is 9.99. The van der Waals surface area contributed by atoms with Crippen LogP contribution in [-0.2, 0) is 23.7 Å². The van der Waals surface area contributed by atoms with Gasteiger partial charge in [0.05, 0.1) is 19.8 Å². The molecule has 1 saturated heterocycles. The zero-order chi connectivity index (χ0) is 12.8. The van der Waals surface area contributed by atoms with Gasteiger partial charge in [-0.1, -0.05) is 0 Å². The van der Waals surface area contributed by atoms with Gasteiger partial charge in [0, 0.05) is 13.2 Å². The standard InChI is InChI=1S/C11H20O6/c1-4-15-11(16-5-2)9-8(10(13)14-3)7(12)6-17-9/h7-9,11-12H,4-6H2,1-3H3/t7-,8+,9+/m0/s1. The fraction of sp³-hybridized carbons (Fsp3) is 0.909. The van der Waals surface area contributed by atoms with E-state index in [1.807, 2.05) is 13.8 Å². The predicted molar refractivity (Wildman–Crippen MR) is 58.3 cm³/mol. The molecular formula is C11H20O6. The summed E-state index contributed by atoms with van der Waals surface area (Å²) in [6.07, 6.45) is -2.17. The van der Waals surface area contributed by atoms with E-state index in [0.717, 1.165) is 0 Å². The molecule has 0 aromatic heterocycles. The lowest BCUT2D eigenvalue weighted by molar-refractivity contribution is -0.204. The van der Waals surface area contributed by atoms with Crippen molar-refractivity contribution in [2.24, 2.45) is 5.92 Å². The molecule has 1 heterocycles. The van der Waals surface area contributed by atoms with Crippen LogP contribution in [0.2, 0.25) is 0 Å². The minimum absolute atomic E-state index is 0.0844. The molecule has 0 aliphatic carbocycles. The maximum Gasteiger partial charge on any atom is 0.314 e. The highest BCUT2D eigenvalue weighted by atomic mass is 16.7. The van der Waals surface area contributed by atoms with Crippen molar-refractivity contribution < 1.29 is 28.8 Å². The lowest BCUT2D eigenvalue weighted by Crippen LogP contribution is -2.42. The Morgan fingerprint density at radius 2 is 2.00 bits per heavy atom. The summed E-state index contributed by atoms with van der Waals surface area (Å²) < 4.78 is 20.8. The maximum atomic E-state index is 11.6. The predicted octanol–water partition coefficient (Wildman–Crippen LogP) is -0.0656. The first-order chi connectivity index (χ1) is 8.15. The summed E-state index contributed by atoms with van der Waals surface area (Å²) in [4.78, 5) is 11.6. The van der Waals surface area contributed by atoms with Crippen LogP contribution in [0.5, 0.6) is 0 Å². The van der Waals surface area contributed by atoms with Gasteiger partial charge < -0.3 is 24.1 Å². The van der Waals surface area contributed by atoms with Gasteiger partial charge in [0.1, 0.15) is 12.0 Å². The second-order valence-corrected chi connectivity index (χ2v) is 3.69. The number of carbonyl (C=O) groups is 1. The van der Waals surface area contributed by atoms with Crippen molar-refractivity contribution >= 4 is 5.97 Å². The summed E-state index contributed by atoms with van der Waals surface area (Å²) in [5, 5.41) is 9.71. The molecule has 6 nitrogen and oxygen atoms in total. The smallest absolute Gasteiger partial charge is 0.314 e. The quantitative estimate of drug-likeness (QED) is 0.524. The van der Waals surface area contributed by atoms with E-state index in [1.54, 1.807) is 0 Å². The molecule has 6 heteroatoms. The normalized spacial score (nSPS) is 28.6. The van der Waals surface area contributed by atoms with Crippen molar-refractivity contribution in [2.45, 2.75) is 32.3 Å². The van der Waals surface area contributed by atoms with Crippen molar-refractivity contribution in [3.05, 3.63) is 0 Å². The van der Waals surface area contributed by atoms with Gasteiger partial charge in [-0.05, 0) is 13.8 Å². The SMILES string of the molecule is CCOC(OCC)[C@@H]1OC[C@H](O)[C@H]1C(=O)OC. The molecule has 100 valence electrons. The topological polar surface area (TPSA) is 74.2 Å². The molecule has 0 aromatic rings. The van der Waals surface area contributed by atoms with Gasteiger partial charge in [-0.2, -0.15) is 0 Å². The Hall–Kier alpha value is -0.690. The summed E-state index contributed by atoms with van der Waals surface area (Å²) in [6.45, 7) is 4.61. The number of hydrogen-bond acceptors (Lipinski definition) is 6. The molecule has 1 fully saturated rings. The molecule has 1 N–H and O–H groups in total. The lowest BCUT2D eigenvalue weighted by Gasteiger charge is -2.26. The molecule has 1 aliphatic rings. The molecule has 3 atom stereocenters. The molecule has 1 rings (SSSR count). The molecule has 0 spiro atoms. The average molecular weight is 248 g/mol. The summed E-state index contributed by atoms with van der Waals surface area (Å²) in [6, 6.07) is 0. The number of esters is 1. The van der Waals surface area contributed by atoms with Gasteiger partial charge in [0.2, 0.25) is 0 Å². The van der Waals surface area contributed by atoms with Crippen LogP contribution in [0.1, 0.15) is 13.8 Å². The number of aliphatic hydroxyl groups excluding tert-OH is 1. The number of aliphatic hydroxyl groups is 1. The van der Waals surface area contributed by atoms with Crippen molar-refractivity contribution in [3.8, 4) is 0 Å².